The molecule has 0 radical (unpaired) electrons. The first-order valence-electron chi connectivity index (χ1n) is 5.33. The Balaban J connectivity index is 2.05. The quantitative estimate of drug-likeness (QED) is 0.879. The molecule has 3 nitrogen and oxygen atoms in total. The lowest BCUT2D eigenvalue weighted by molar-refractivity contribution is 0.579. The third-order valence-corrected chi connectivity index (χ3v) is 2.89. The minimum absolute atomic E-state index is 0.212. The van der Waals surface area contributed by atoms with E-state index in [2.05, 4.69) is 9.97 Å². The van der Waals surface area contributed by atoms with E-state index in [9.17, 15) is 4.39 Å². The van der Waals surface area contributed by atoms with Crippen LogP contribution in [0.25, 0.3) is 0 Å². The number of nitrogens with one attached hydrogen (secondary N) is 1. The van der Waals surface area contributed by atoms with Crippen LogP contribution in [0.3, 0.4) is 0 Å². The Morgan fingerprint density at radius 1 is 1.41 bits per heavy atom. The summed E-state index contributed by atoms with van der Waals surface area (Å²) in [7, 11) is 0. The fourth-order valence-corrected chi connectivity index (χ4v) is 1.96. The summed E-state index contributed by atoms with van der Waals surface area (Å²) >= 11 is 5.94. The van der Waals surface area contributed by atoms with Gasteiger partial charge in [-0.25, -0.2) is 9.37 Å². The molecule has 0 aliphatic heterocycles. The number of H-pyrrole nitrogens is 1. The van der Waals surface area contributed by atoms with E-state index in [0.717, 1.165) is 5.82 Å². The summed E-state index contributed by atoms with van der Waals surface area (Å²) in [5, 5.41) is 0.417. The zero-order chi connectivity index (χ0) is 12.3. The predicted molar refractivity (Wildman–Crippen MR) is 65.4 cm³/mol. The Morgan fingerprint density at radius 3 is 2.88 bits per heavy atom. The largest absolute Gasteiger partial charge is 0.349 e. The van der Waals surface area contributed by atoms with Crippen molar-refractivity contribution in [1.82, 2.24) is 9.97 Å². The van der Waals surface area contributed by atoms with Crippen LogP contribution in [0.2, 0.25) is 5.02 Å². The van der Waals surface area contributed by atoms with Crippen molar-refractivity contribution >= 4 is 11.6 Å². The second-order valence-corrected chi connectivity index (χ2v) is 4.31. The molecule has 0 aliphatic carbocycles. The molecule has 0 fully saturated rings. The monoisotopic (exact) mass is 253 g/mol. The van der Waals surface area contributed by atoms with Crippen molar-refractivity contribution in [2.75, 3.05) is 0 Å². The number of benzene rings is 1. The first kappa shape index (κ1) is 12.1. The summed E-state index contributed by atoms with van der Waals surface area (Å²) < 4.78 is 13.5. The van der Waals surface area contributed by atoms with E-state index < -0.39 is 0 Å². The molecule has 2 aromatic rings. The summed E-state index contributed by atoms with van der Waals surface area (Å²) in [5.74, 6) is 0.484. The molecule has 17 heavy (non-hydrogen) atoms. The Hall–Kier alpha value is -1.39. The van der Waals surface area contributed by atoms with E-state index in [1.165, 1.54) is 6.07 Å². The standard InChI is InChI=1S/C12H13ClFN3/c13-10-2-1-3-11(14)9(10)6-8(15)7-12-16-4-5-17-12/h1-5,8H,6-7,15H2,(H,16,17). The van der Waals surface area contributed by atoms with Crippen LogP contribution in [0.1, 0.15) is 11.4 Å². The van der Waals surface area contributed by atoms with Crippen molar-refractivity contribution in [3.05, 3.63) is 52.8 Å². The highest BCUT2D eigenvalue weighted by atomic mass is 35.5. The second-order valence-electron chi connectivity index (χ2n) is 3.90. The van der Waals surface area contributed by atoms with E-state index >= 15 is 0 Å². The fourth-order valence-electron chi connectivity index (χ4n) is 1.72. The maximum atomic E-state index is 13.5. The van der Waals surface area contributed by atoms with Gasteiger partial charge in [0.05, 0.1) is 0 Å². The van der Waals surface area contributed by atoms with Gasteiger partial charge in [0.2, 0.25) is 0 Å². The van der Waals surface area contributed by atoms with Crippen molar-refractivity contribution in [2.45, 2.75) is 18.9 Å². The normalized spacial score (nSPS) is 12.6. The molecular weight excluding hydrogens is 241 g/mol. The lowest BCUT2D eigenvalue weighted by Gasteiger charge is -2.12. The molecule has 0 saturated heterocycles. The van der Waals surface area contributed by atoms with Gasteiger partial charge in [0.15, 0.2) is 0 Å². The van der Waals surface area contributed by atoms with Crippen LogP contribution < -0.4 is 5.73 Å². The molecule has 90 valence electrons. The molecule has 0 spiro atoms. The molecule has 1 aromatic carbocycles. The maximum absolute atomic E-state index is 13.5. The van der Waals surface area contributed by atoms with Crippen LogP contribution in [-0.2, 0) is 12.8 Å². The number of hydrogen-bond acceptors (Lipinski definition) is 2. The molecule has 0 bridgehead atoms. The summed E-state index contributed by atoms with van der Waals surface area (Å²) in [6, 6.07) is 4.43. The number of aromatic nitrogens is 2. The average Bonchev–Trinajstić information content (AvgIpc) is 2.76. The molecule has 0 saturated carbocycles. The number of rotatable bonds is 4. The van der Waals surface area contributed by atoms with Gasteiger partial charge in [0.25, 0.3) is 0 Å². The van der Waals surface area contributed by atoms with Crippen molar-refractivity contribution < 1.29 is 4.39 Å². The van der Waals surface area contributed by atoms with E-state index in [0.29, 0.717) is 23.4 Å². The summed E-state index contributed by atoms with van der Waals surface area (Å²) in [5.41, 5.74) is 6.42. The minimum Gasteiger partial charge on any atom is -0.349 e. The van der Waals surface area contributed by atoms with Crippen LogP contribution in [0, 0.1) is 5.82 Å². The Morgan fingerprint density at radius 2 is 2.24 bits per heavy atom. The molecule has 1 atom stereocenters. The lowest BCUT2D eigenvalue weighted by atomic mass is 10.0. The predicted octanol–water partition coefficient (Wildman–Crippen LogP) is 2.31. The number of halogens is 2. The highest BCUT2D eigenvalue weighted by molar-refractivity contribution is 6.31. The topological polar surface area (TPSA) is 54.7 Å². The zero-order valence-electron chi connectivity index (χ0n) is 9.16. The average molecular weight is 254 g/mol. The summed E-state index contributed by atoms with van der Waals surface area (Å²) in [4.78, 5) is 7.05. The number of aromatic amines is 1. The van der Waals surface area contributed by atoms with Gasteiger partial charge in [-0.05, 0) is 18.6 Å². The van der Waals surface area contributed by atoms with Crippen molar-refractivity contribution in [1.29, 1.82) is 0 Å². The van der Waals surface area contributed by atoms with Gasteiger partial charge in [0, 0.05) is 35.4 Å². The number of nitrogens with zero attached hydrogens (tertiary/aromatic N) is 1. The van der Waals surface area contributed by atoms with Gasteiger partial charge in [-0.3, -0.25) is 0 Å². The van der Waals surface area contributed by atoms with Crippen molar-refractivity contribution in [3.63, 3.8) is 0 Å². The van der Waals surface area contributed by atoms with E-state index in [1.54, 1.807) is 24.5 Å². The SMILES string of the molecule is NC(Cc1ncc[nH]1)Cc1c(F)cccc1Cl. The lowest BCUT2D eigenvalue weighted by Crippen LogP contribution is -2.26. The molecule has 1 aromatic heterocycles. The van der Waals surface area contributed by atoms with Crippen molar-refractivity contribution in [3.8, 4) is 0 Å². The highest BCUT2D eigenvalue weighted by Gasteiger charge is 2.12. The molecule has 0 amide bonds. The van der Waals surface area contributed by atoms with E-state index in [1.807, 2.05) is 0 Å². The molecule has 0 aliphatic rings. The molecule has 3 N–H and O–H groups in total. The third-order valence-electron chi connectivity index (χ3n) is 2.54. The summed E-state index contributed by atoms with van der Waals surface area (Å²) in [6.45, 7) is 0. The molecule has 5 heteroatoms. The maximum Gasteiger partial charge on any atom is 0.127 e. The van der Waals surface area contributed by atoms with Crippen LogP contribution in [0.4, 0.5) is 4.39 Å². The van der Waals surface area contributed by atoms with Gasteiger partial charge < -0.3 is 10.7 Å². The van der Waals surface area contributed by atoms with Crippen molar-refractivity contribution in [2.24, 2.45) is 5.73 Å². The van der Waals surface area contributed by atoms with Crippen LogP contribution in [0.15, 0.2) is 30.6 Å². The molecule has 1 heterocycles. The smallest absolute Gasteiger partial charge is 0.127 e. The van der Waals surface area contributed by atoms with Gasteiger partial charge in [-0.1, -0.05) is 17.7 Å². The van der Waals surface area contributed by atoms with E-state index in [4.69, 9.17) is 17.3 Å². The minimum atomic E-state index is -0.313. The number of hydrogen-bond donors (Lipinski definition) is 2. The van der Waals surface area contributed by atoms with Gasteiger partial charge in [-0.2, -0.15) is 0 Å². The van der Waals surface area contributed by atoms with Gasteiger partial charge in [0.1, 0.15) is 11.6 Å². The Kier molecular flexibility index (Phi) is 3.76. The zero-order valence-corrected chi connectivity index (χ0v) is 9.91. The van der Waals surface area contributed by atoms with Crippen LogP contribution >= 0.6 is 11.6 Å². The summed E-state index contributed by atoms with van der Waals surface area (Å²) in [6.07, 6.45) is 4.36. The molecule has 2 rings (SSSR count). The van der Waals surface area contributed by atoms with Crippen LogP contribution in [-0.4, -0.2) is 16.0 Å². The van der Waals surface area contributed by atoms with E-state index in [-0.39, 0.29) is 11.9 Å². The highest BCUT2D eigenvalue weighted by Crippen LogP contribution is 2.20. The first-order chi connectivity index (χ1) is 8.16. The molecular formula is C12H13ClFN3. The Bertz CT molecular complexity index is 464. The van der Waals surface area contributed by atoms with Gasteiger partial charge >= 0.3 is 0 Å². The van der Waals surface area contributed by atoms with Gasteiger partial charge in [-0.15, -0.1) is 0 Å². The molecule has 1 unspecified atom stereocenters. The second kappa shape index (κ2) is 5.29. The third kappa shape index (κ3) is 3.05. The fraction of sp³-hybridized carbons (Fsp3) is 0.250. The number of nitrogens with two attached hydrogens (primary N) is 1. The Labute approximate surface area is 104 Å². The number of imidazole rings is 1. The first-order valence-corrected chi connectivity index (χ1v) is 5.71. The van der Waals surface area contributed by atoms with Crippen LogP contribution in [0.5, 0.6) is 0 Å².